The van der Waals surface area contributed by atoms with Crippen molar-refractivity contribution in [1.82, 2.24) is 0 Å². The van der Waals surface area contributed by atoms with Crippen molar-refractivity contribution in [1.29, 1.82) is 0 Å². The molecule has 108 valence electrons. The summed E-state index contributed by atoms with van der Waals surface area (Å²) in [5, 5.41) is 0. The highest BCUT2D eigenvalue weighted by Crippen LogP contribution is 2.40. The molecule has 0 aliphatic rings. The largest absolute Gasteiger partial charge is 0.490 e. The number of rotatable bonds is 4. The zero-order valence-corrected chi connectivity index (χ0v) is 13.9. The fourth-order valence-electron chi connectivity index (χ4n) is 2.53. The van der Waals surface area contributed by atoms with Gasteiger partial charge in [-0.2, -0.15) is 0 Å². The average Bonchev–Trinajstić information content (AvgIpc) is 2.25. The molecule has 0 unspecified atom stereocenters. The van der Waals surface area contributed by atoms with Crippen molar-refractivity contribution in [2.75, 3.05) is 0 Å². The van der Waals surface area contributed by atoms with Gasteiger partial charge in [0, 0.05) is 5.56 Å². The van der Waals surface area contributed by atoms with Crippen LogP contribution in [0.3, 0.4) is 0 Å². The molecule has 1 nitrogen and oxygen atoms in total. The van der Waals surface area contributed by atoms with Crippen molar-refractivity contribution in [3.05, 3.63) is 28.8 Å². The zero-order valence-electron chi connectivity index (χ0n) is 13.9. The van der Waals surface area contributed by atoms with Crippen molar-refractivity contribution in [3.8, 4) is 5.75 Å². The van der Waals surface area contributed by atoms with E-state index < -0.39 is 0 Å². The molecule has 0 amide bonds. The van der Waals surface area contributed by atoms with Crippen LogP contribution in [0.1, 0.15) is 78.0 Å². The smallest absolute Gasteiger partial charge is 0.127 e. The minimum absolute atomic E-state index is 0.111. The van der Waals surface area contributed by atoms with Gasteiger partial charge < -0.3 is 4.74 Å². The van der Waals surface area contributed by atoms with Crippen molar-refractivity contribution in [2.45, 2.75) is 79.2 Å². The second-order valence-electron chi connectivity index (χ2n) is 6.94. The molecule has 0 spiro atoms. The van der Waals surface area contributed by atoms with E-state index in [0.29, 0.717) is 5.92 Å². The number of benzene rings is 1. The second kappa shape index (κ2) is 5.98. The molecule has 0 aliphatic heterocycles. The van der Waals surface area contributed by atoms with Crippen LogP contribution in [0, 0.1) is 0 Å². The Morgan fingerprint density at radius 1 is 1.05 bits per heavy atom. The average molecular weight is 262 g/mol. The summed E-state index contributed by atoms with van der Waals surface area (Å²) in [6.45, 7) is 17.7. The Balaban J connectivity index is 3.54. The maximum Gasteiger partial charge on any atom is 0.127 e. The van der Waals surface area contributed by atoms with Crippen LogP contribution in [0.5, 0.6) is 5.75 Å². The Hall–Kier alpha value is -0.980. The van der Waals surface area contributed by atoms with Crippen LogP contribution in [-0.2, 0) is 11.8 Å². The van der Waals surface area contributed by atoms with Crippen LogP contribution in [0.15, 0.2) is 12.1 Å². The molecular formula is C18H30O. The Morgan fingerprint density at radius 3 is 2.00 bits per heavy atom. The lowest BCUT2D eigenvalue weighted by atomic mass is 9.81. The van der Waals surface area contributed by atoms with E-state index in [2.05, 4.69) is 67.5 Å². The van der Waals surface area contributed by atoms with E-state index in [-0.39, 0.29) is 11.5 Å². The molecule has 0 fully saturated rings. The predicted molar refractivity (Wildman–Crippen MR) is 84.4 cm³/mol. The first kappa shape index (κ1) is 16.1. The molecule has 0 N–H and O–H groups in total. The molecule has 1 aromatic rings. The molecular weight excluding hydrogens is 232 g/mol. The molecule has 0 aliphatic carbocycles. The topological polar surface area (TPSA) is 9.23 Å². The van der Waals surface area contributed by atoms with Crippen molar-refractivity contribution >= 4 is 0 Å². The molecule has 1 rings (SSSR count). The SMILES string of the molecule is CCc1ccc(C(C)(C)C)c(OC(C)C)c1C(C)C. The van der Waals surface area contributed by atoms with Crippen molar-refractivity contribution in [2.24, 2.45) is 0 Å². The minimum Gasteiger partial charge on any atom is -0.490 e. The van der Waals surface area contributed by atoms with Crippen LogP contribution in [-0.4, -0.2) is 6.10 Å². The second-order valence-corrected chi connectivity index (χ2v) is 6.94. The summed E-state index contributed by atoms with van der Waals surface area (Å²) in [5.41, 5.74) is 4.24. The number of hydrogen-bond donors (Lipinski definition) is 0. The maximum absolute atomic E-state index is 6.21. The first-order valence-electron chi connectivity index (χ1n) is 7.51. The van der Waals surface area contributed by atoms with Gasteiger partial charge in [-0.05, 0) is 42.7 Å². The van der Waals surface area contributed by atoms with Gasteiger partial charge in [0.2, 0.25) is 0 Å². The standard InChI is InChI=1S/C18H30O/c1-9-14-10-11-15(18(6,7)8)17(19-13(4)5)16(14)12(2)3/h10-13H,9H2,1-8H3. The lowest BCUT2D eigenvalue weighted by Crippen LogP contribution is -2.18. The van der Waals surface area contributed by atoms with E-state index in [1.54, 1.807) is 0 Å². The highest BCUT2D eigenvalue weighted by Gasteiger charge is 2.24. The molecule has 0 bridgehead atoms. The molecule has 0 saturated carbocycles. The van der Waals surface area contributed by atoms with Crippen LogP contribution >= 0.6 is 0 Å². The van der Waals surface area contributed by atoms with Gasteiger partial charge in [0.25, 0.3) is 0 Å². The highest BCUT2D eigenvalue weighted by molar-refractivity contribution is 5.51. The summed E-state index contributed by atoms with van der Waals surface area (Å²) in [6, 6.07) is 4.53. The molecule has 0 atom stereocenters. The summed E-state index contributed by atoms with van der Waals surface area (Å²) in [5.74, 6) is 1.61. The summed E-state index contributed by atoms with van der Waals surface area (Å²) in [4.78, 5) is 0. The third kappa shape index (κ3) is 3.75. The van der Waals surface area contributed by atoms with E-state index in [1.165, 1.54) is 16.7 Å². The van der Waals surface area contributed by atoms with E-state index in [0.717, 1.165) is 12.2 Å². The fraction of sp³-hybridized carbons (Fsp3) is 0.667. The lowest BCUT2D eigenvalue weighted by Gasteiger charge is -2.29. The van der Waals surface area contributed by atoms with Gasteiger partial charge in [0.15, 0.2) is 0 Å². The number of hydrogen-bond acceptors (Lipinski definition) is 1. The maximum atomic E-state index is 6.21. The van der Waals surface area contributed by atoms with Gasteiger partial charge in [0.1, 0.15) is 5.75 Å². The summed E-state index contributed by atoms with van der Waals surface area (Å²) < 4.78 is 6.21. The summed E-state index contributed by atoms with van der Waals surface area (Å²) >= 11 is 0. The zero-order chi connectivity index (χ0) is 14.8. The van der Waals surface area contributed by atoms with Crippen LogP contribution < -0.4 is 4.74 Å². The Bertz CT molecular complexity index is 422. The number of aryl methyl sites for hydroxylation is 1. The fourth-order valence-corrected chi connectivity index (χ4v) is 2.53. The molecule has 0 saturated heterocycles. The van der Waals surface area contributed by atoms with E-state index in [1.807, 2.05) is 0 Å². The normalized spacial score (nSPS) is 12.3. The van der Waals surface area contributed by atoms with Gasteiger partial charge in [-0.1, -0.05) is 53.7 Å². The summed E-state index contributed by atoms with van der Waals surface area (Å²) in [7, 11) is 0. The Labute approximate surface area is 119 Å². The third-order valence-electron chi connectivity index (χ3n) is 3.41. The van der Waals surface area contributed by atoms with E-state index in [4.69, 9.17) is 4.74 Å². The number of ether oxygens (including phenoxy) is 1. The minimum atomic E-state index is 0.111. The van der Waals surface area contributed by atoms with Crippen molar-refractivity contribution in [3.63, 3.8) is 0 Å². The molecule has 0 aromatic heterocycles. The highest BCUT2D eigenvalue weighted by atomic mass is 16.5. The molecule has 19 heavy (non-hydrogen) atoms. The van der Waals surface area contributed by atoms with E-state index >= 15 is 0 Å². The first-order valence-corrected chi connectivity index (χ1v) is 7.51. The predicted octanol–water partition coefficient (Wildman–Crippen LogP) is 5.46. The Morgan fingerprint density at radius 2 is 1.63 bits per heavy atom. The van der Waals surface area contributed by atoms with Crippen molar-refractivity contribution < 1.29 is 4.74 Å². The van der Waals surface area contributed by atoms with Crippen LogP contribution in [0.25, 0.3) is 0 Å². The van der Waals surface area contributed by atoms with Crippen LogP contribution in [0.2, 0.25) is 0 Å². The Kier molecular flexibility index (Phi) is 5.06. The van der Waals surface area contributed by atoms with Gasteiger partial charge in [-0.3, -0.25) is 0 Å². The summed E-state index contributed by atoms with van der Waals surface area (Å²) in [6.07, 6.45) is 1.28. The quantitative estimate of drug-likeness (QED) is 0.700. The van der Waals surface area contributed by atoms with Gasteiger partial charge in [-0.15, -0.1) is 0 Å². The lowest BCUT2D eigenvalue weighted by molar-refractivity contribution is 0.233. The van der Waals surface area contributed by atoms with Gasteiger partial charge >= 0.3 is 0 Å². The molecule has 0 heterocycles. The molecule has 1 heteroatoms. The molecule has 0 radical (unpaired) electrons. The van der Waals surface area contributed by atoms with E-state index in [9.17, 15) is 0 Å². The third-order valence-corrected chi connectivity index (χ3v) is 3.41. The van der Waals surface area contributed by atoms with Crippen LogP contribution in [0.4, 0.5) is 0 Å². The first-order chi connectivity index (χ1) is 8.68. The molecule has 1 aromatic carbocycles. The van der Waals surface area contributed by atoms with Gasteiger partial charge in [0.05, 0.1) is 6.10 Å². The van der Waals surface area contributed by atoms with Gasteiger partial charge in [-0.25, -0.2) is 0 Å². The monoisotopic (exact) mass is 262 g/mol.